The summed E-state index contributed by atoms with van der Waals surface area (Å²) in [5.74, 6) is 0. The molecule has 0 aliphatic carbocycles. The Morgan fingerprint density at radius 3 is 2.90 bits per heavy atom. The van der Waals surface area contributed by atoms with Gasteiger partial charge in [0.2, 0.25) is 0 Å². The Bertz CT molecular complexity index is 639. The van der Waals surface area contributed by atoms with Crippen molar-refractivity contribution in [3.05, 3.63) is 50.8 Å². The zero-order valence-corrected chi connectivity index (χ0v) is 12.0. The summed E-state index contributed by atoms with van der Waals surface area (Å²) < 4.78 is 1.71. The van der Waals surface area contributed by atoms with Crippen LogP contribution in [0.25, 0.3) is 0 Å². The van der Waals surface area contributed by atoms with Crippen LogP contribution in [0.3, 0.4) is 0 Å². The maximum Gasteiger partial charge on any atom is 0.275 e. The number of hydrogen-bond donors (Lipinski definition) is 1. The van der Waals surface area contributed by atoms with E-state index in [9.17, 15) is 10.1 Å². The molecule has 0 aliphatic heterocycles. The molecule has 0 bridgehead atoms. The number of nitro benzene ring substituents is 1. The first kappa shape index (κ1) is 14.3. The van der Waals surface area contributed by atoms with Crippen LogP contribution in [0, 0.1) is 10.1 Å². The molecule has 0 fully saturated rings. The first-order valence-electron chi connectivity index (χ1n) is 6.21. The van der Waals surface area contributed by atoms with E-state index in [0.717, 1.165) is 17.8 Å². The number of benzene rings is 1. The van der Waals surface area contributed by atoms with Crippen molar-refractivity contribution in [3.63, 3.8) is 0 Å². The average molecular weight is 295 g/mol. The Morgan fingerprint density at radius 2 is 2.25 bits per heavy atom. The molecule has 0 aliphatic rings. The maximum atomic E-state index is 11.0. The third-order valence-corrected chi connectivity index (χ3v) is 3.34. The predicted molar refractivity (Wildman–Crippen MR) is 78.0 cm³/mol. The number of nitrogens with one attached hydrogen (secondary N) is 1. The molecule has 0 radical (unpaired) electrons. The molecule has 0 atom stereocenters. The van der Waals surface area contributed by atoms with Gasteiger partial charge < -0.3 is 5.32 Å². The molecular weight excluding hydrogens is 280 g/mol. The van der Waals surface area contributed by atoms with E-state index in [4.69, 9.17) is 11.6 Å². The molecule has 2 rings (SSSR count). The van der Waals surface area contributed by atoms with E-state index in [1.165, 1.54) is 6.07 Å². The van der Waals surface area contributed by atoms with Gasteiger partial charge in [0.05, 0.1) is 26.9 Å². The molecule has 1 aromatic carbocycles. The Morgan fingerprint density at radius 1 is 1.50 bits per heavy atom. The molecule has 0 unspecified atom stereocenters. The van der Waals surface area contributed by atoms with Crippen molar-refractivity contribution in [1.29, 1.82) is 0 Å². The van der Waals surface area contributed by atoms with Crippen LogP contribution < -0.4 is 5.32 Å². The topological polar surface area (TPSA) is 73.0 Å². The van der Waals surface area contributed by atoms with Gasteiger partial charge in [-0.05, 0) is 12.5 Å². The van der Waals surface area contributed by atoms with Gasteiger partial charge in [0, 0.05) is 25.9 Å². The van der Waals surface area contributed by atoms with Gasteiger partial charge in [-0.2, -0.15) is 5.10 Å². The van der Waals surface area contributed by atoms with E-state index in [1.807, 2.05) is 20.2 Å². The van der Waals surface area contributed by atoms with Gasteiger partial charge in [-0.1, -0.05) is 24.6 Å². The lowest BCUT2D eigenvalue weighted by molar-refractivity contribution is -0.385. The lowest BCUT2D eigenvalue weighted by Crippen LogP contribution is -2.04. The summed E-state index contributed by atoms with van der Waals surface area (Å²) in [5.41, 5.74) is 2.28. The highest BCUT2D eigenvalue weighted by molar-refractivity contribution is 6.31. The van der Waals surface area contributed by atoms with Crippen LogP contribution >= 0.6 is 11.6 Å². The van der Waals surface area contributed by atoms with Gasteiger partial charge in [-0.3, -0.25) is 14.8 Å². The van der Waals surface area contributed by atoms with Crippen molar-refractivity contribution in [2.45, 2.75) is 19.9 Å². The van der Waals surface area contributed by atoms with Crippen molar-refractivity contribution in [2.75, 3.05) is 5.32 Å². The third kappa shape index (κ3) is 2.91. The number of anilines is 1. The molecule has 1 heterocycles. The minimum Gasteiger partial charge on any atom is -0.378 e. The molecule has 1 N–H and O–H groups in total. The zero-order valence-electron chi connectivity index (χ0n) is 11.3. The molecule has 2 aromatic rings. The SMILES string of the molecule is CCc1nn(C)cc1NCc1c(Cl)cccc1[N+](=O)[O-]. The number of hydrogen-bond acceptors (Lipinski definition) is 4. The lowest BCUT2D eigenvalue weighted by Gasteiger charge is -2.08. The first-order valence-corrected chi connectivity index (χ1v) is 6.59. The third-order valence-electron chi connectivity index (χ3n) is 2.99. The summed E-state index contributed by atoms with van der Waals surface area (Å²) in [7, 11) is 1.84. The fourth-order valence-corrected chi connectivity index (χ4v) is 2.26. The molecule has 0 amide bonds. The van der Waals surface area contributed by atoms with Gasteiger partial charge in [0.1, 0.15) is 0 Å². The Labute approximate surface area is 121 Å². The molecule has 1 aromatic heterocycles. The molecule has 106 valence electrons. The number of aromatic nitrogens is 2. The number of halogens is 1. The van der Waals surface area contributed by atoms with Crippen LogP contribution in [0.4, 0.5) is 11.4 Å². The average Bonchev–Trinajstić information content (AvgIpc) is 2.77. The van der Waals surface area contributed by atoms with Crippen LogP contribution in [0.1, 0.15) is 18.2 Å². The second kappa shape index (κ2) is 5.92. The Hall–Kier alpha value is -2.08. The van der Waals surface area contributed by atoms with Crippen molar-refractivity contribution in [2.24, 2.45) is 7.05 Å². The molecule has 0 saturated heterocycles. The number of nitro groups is 1. The van der Waals surface area contributed by atoms with Crippen molar-refractivity contribution in [3.8, 4) is 0 Å². The van der Waals surface area contributed by atoms with E-state index in [-0.39, 0.29) is 12.2 Å². The van der Waals surface area contributed by atoms with Crippen LogP contribution in [-0.2, 0) is 20.0 Å². The van der Waals surface area contributed by atoms with Crippen molar-refractivity contribution < 1.29 is 4.92 Å². The minimum atomic E-state index is -0.424. The van der Waals surface area contributed by atoms with Crippen LogP contribution in [0.5, 0.6) is 0 Å². The highest BCUT2D eigenvalue weighted by Crippen LogP contribution is 2.27. The van der Waals surface area contributed by atoms with Crippen LogP contribution in [-0.4, -0.2) is 14.7 Å². The quantitative estimate of drug-likeness (QED) is 0.679. The van der Waals surface area contributed by atoms with Crippen molar-refractivity contribution >= 4 is 23.0 Å². The molecule has 0 saturated carbocycles. The summed E-state index contributed by atoms with van der Waals surface area (Å²) in [6, 6.07) is 4.67. The van der Waals surface area contributed by atoms with E-state index in [0.29, 0.717) is 10.6 Å². The fraction of sp³-hybridized carbons (Fsp3) is 0.308. The highest BCUT2D eigenvalue weighted by Gasteiger charge is 2.17. The Kier molecular flexibility index (Phi) is 4.24. The summed E-state index contributed by atoms with van der Waals surface area (Å²) >= 11 is 6.05. The largest absolute Gasteiger partial charge is 0.378 e. The number of nitrogens with zero attached hydrogens (tertiary/aromatic N) is 3. The lowest BCUT2D eigenvalue weighted by atomic mass is 10.1. The minimum absolute atomic E-state index is 0.0203. The van der Waals surface area contributed by atoms with Gasteiger partial charge in [-0.15, -0.1) is 0 Å². The monoisotopic (exact) mass is 294 g/mol. The number of rotatable bonds is 5. The molecule has 6 nitrogen and oxygen atoms in total. The van der Waals surface area contributed by atoms with Gasteiger partial charge in [0.25, 0.3) is 5.69 Å². The van der Waals surface area contributed by atoms with E-state index >= 15 is 0 Å². The molecule has 20 heavy (non-hydrogen) atoms. The standard InChI is InChI=1S/C13H15ClN4O2/c1-3-11-12(8-17(2)16-11)15-7-9-10(14)5-4-6-13(9)18(19)20/h4-6,8,15H,3,7H2,1-2H3. The van der Waals surface area contributed by atoms with Crippen LogP contribution in [0.15, 0.2) is 24.4 Å². The molecule has 7 heteroatoms. The summed E-state index contributed by atoms with van der Waals surface area (Å²) in [5, 5.41) is 18.9. The van der Waals surface area contributed by atoms with Gasteiger partial charge >= 0.3 is 0 Å². The second-order valence-electron chi connectivity index (χ2n) is 4.36. The zero-order chi connectivity index (χ0) is 14.7. The summed E-state index contributed by atoms with van der Waals surface area (Å²) in [6.45, 7) is 2.29. The number of aryl methyl sites for hydroxylation is 2. The smallest absolute Gasteiger partial charge is 0.275 e. The predicted octanol–water partition coefficient (Wildman–Crippen LogP) is 3.16. The van der Waals surface area contributed by atoms with Crippen molar-refractivity contribution in [1.82, 2.24) is 9.78 Å². The van der Waals surface area contributed by atoms with Gasteiger partial charge in [0.15, 0.2) is 0 Å². The van der Waals surface area contributed by atoms with Gasteiger partial charge in [-0.25, -0.2) is 0 Å². The van der Waals surface area contributed by atoms with E-state index < -0.39 is 4.92 Å². The van der Waals surface area contributed by atoms with Crippen LogP contribution in [0.2, 0.25) is 5.02 Å². The van der Waals surface area contributed by atoms with E-state index in [1.54, 1.807) is 16.8 Å². The normalized spacial score (nSPS) is 10.6. The molecule has 0 spiro atoms. The Balaban J connectivity index is 2.24. The molecular formula is C13H15ClN4O2. The fourth-order valence-electron chi connectivity index (χ4n) is 2.02. The van der Waals surface area contributed by atoms with E-state index in [2.05, 4.69) is 10.4 Å². The first-order chi connectivity index (χ1) is 9.52. The summed E-state index contributed by atoms with van der Waals surface area (Å²) in [4.78, 5) is 10.6. The highest BCUT2D eigenvalue weighted by atomic mass is 35.5. The maximum absolute atomic E-state index is 11.0. The summed E-state index contributed by atoms with van der Waals surface area (Å²) in [6.07, 6.45) is 2.63. The second-order valence-corrected chi connectivity index (χ2v) is 4.77.